The van der Waals surface area contributed by atoms with Crippen molar-refractivity contribution in [2.75, 3.05) is 18.0 Å². The summed E-state index contributed by atoms with van der Waals surface area (Å²) in [5, 5.41) is 0.927. The maximum absolute atomic E-state index is 6.25. The molecule has 0 saturated carbocycles. The Morgan fingerprint density at radius 3 is 3.12 bits per heavy atom. The molecule has 1 fully saturated rings. The van der Waals surface area contributed by atoms with Crippen molar-refractivity contribution in [3.63, 3.8) is 0 Å². The Morgan fingerprint density at radius 2 is 2.31 bits per heavy atom. The molecule has 1 aromatic rings. The van der Waals surface area contributed by atoms with Gasteiger partial charge >= 0.3 is 0 Å². The number of anilines is 1. The van der Waals surface area contributed by atoms with E-state index in [0.29, 0.717) is 12.0 Å². The van der Waals surface area contributed by atoms with E-state index in [2.05, 4.69) is 17.0 Å². The molecule has 1 saturated heterocycles. The molecule has 2 aliphatic rings. The van der Waals surface area contributed by atoms with Gasteiger partial charge in [-0.1, -0.05) is 17.7 Å². The fourth-order valence-electron chi connectivity index (χ4n) is 3.11. The minimum atomic E-state index is 0.636. The summed E-state index contributed by atoms with van der Waals surface area (Å²) in [4.78, 5) is 2.52. The van der Waals surface area contributed by atoms with Crippen LogP contribution in [0.15, 0.2) is 18.2 Å². The van der Waals surface area contributed by atoms with Crippen LogP contribution in [-0.2, 0) is 6.42 Å². The van der Waals surface area contributed by atoms with Gasteiger partial charge in [0.25, 0.3) is 0 Å². The molecule has 1 aromatic carbocycles. The highest BCUT2D eigenvalue weighted by Crippen LogP contribution is 2.41. The number of benzene rings is 1. The van der Waals surface area contributed by atoms with Crippen LogP contribution in [0, 0.1) is 5.92 Å². The second-order valence-electron chi connectivity index (χ2n) is 4.91. The van der Waals surface area contributed by atoms with Crippen LogP contribution < -0.4 is 10.6 Å². The van der Waals surface area contributed by atoms with Crippen LogP contribution in [-0.4, -0.2) is 19.1 Å². The first-order valence-corrected chi connectivity index (χ1v) is 6.41. The van der Waals surface area contributed by atoms with E-state index in [-0.39, 0.29) is 0 Å². The molecule has 2 unspecified atom stereocenters. The zero-order valence-corrected chi connectivity index (χ0v) is 10.1. The van der Waals surface area contributed by atoms with E-state index in [1.165, 1.54) is 24.1 Å². The van der Waals surface area contributed by atoms with Crippen LogP contribution in [0.3, 0.4) is 0 Å². The maximum atomic E-state index is 6.25. The van der Waals surface area contributed by atoms with Gasteiger partial charge in [-0.2, -0.15) is 0 Å². The summed E-state index contributed by atoms with van der Waals surface area (Å²) in [6.45, 7) is 1.97. The van der Waals surface area contributed by atoms with Gasteiger partial charge in [-0.15, -0.1) is 0 Å². The number of piperidine rings is 1. The third kappa shape index (κ3) is 1.52. The van der Waals surface area contributed by atoms with Crippen molar-refractivity contribution in [1.29, 1.82) is 0 Å². The predicted octanol–water partition coefficient (Wildman–Crippen LogP) is 2.44. The molecule has 2 atom stereocenters. The molecule has 0 bridgehead atoms. The first kappa shape index (κ1) is 10.4. The van der Waals surface area contributed by atoms with Crippen LogP contribution in [0.4, 0.5) is 5.69 Å². The summed E-state index contributed by atoms with van der Waals surface area (Å²) in [5.74, 6) is 0.703. The molecule has 0 aromatic heterocycles. The van der Waals surface area contributed by atoms with Gasteiger partial charge in [0.1, 0.15) is 0 Å². The van der Waals surface area contributed by atoms with Crippen molar-refractivity contribution in [1.82, 2.24) is 0 Å². The van der Waals surface area contributed by atoms with Gasteiger partial charge in [-0.25, -0.2) is 0 Å². The average molecular weight is 237 g/mol. The average Bonchev–Trinajstić information content (AvgIpc) is 2.68. The molecule has 3 heteroatoms. The fourth-order valence-corrected chi connectivity index (χ4v) is 3.36. The summed E-state index contributed by atoms with van der Waals surface area (Å²) in [5.41, 5.74) is 8.47. The SMILES string of the molecule is NCC1CCN2c3cccc(Cl)c3CC2C1. The summed E-state index contributed by atoms with van der Waals surface area (Å²) in [6, 6.07) is 6.89. The lowest BCUT2D eigenvalue weighted by Gasteiger charge is -2.36. The zero-order valence-electron chi connectivity index (χ0n) is 9.32. The molecule has 86 valence electrons. The molecule has 0 aliphatic carbocycles. The van der Waals surface area contributed by atoms with E-state index in [9.17, 15) is 0 Å². The Morgan fingerprint density at radius 1 is 1.44 bits per heavy atom. The number of hydrogen-bond acceptors (Lipinski definition) is 2. The van der Waals surface area contributed by atoms with E-state index < -0.39 is 0 Å². The van der Waals surface area contributed by atoms with Crippen LogP contribution in [0.1, 0.15) is 18.4 Å². The fraction of sp³-hybridized carbons (Fsp3) is 0.538. The van der Waals surface area contributed by atoms with Gasteiger partial charge in [-0.3, -0.25) is 0 Å². The molecule has 2 N–H and O–H groups in total. The molecule has 3 rings (SSSR count). The topological polar surface area (TPSA) is 29.3 Å². The van der Waals surface area contributed by atoms with Crippen LogP contribution in [0.25, 0.3) is 0 Å². The zero-order chi connectivity index (χ0) is 11.1. The van der Waals surface area contributed by atoms with Crippen molar-refractivity contribution in [3.8, 4) is 0 Å². The molecule has 2 aliphatic heterocycles. The molecule has 0 amide bonds. The Labute approximate surface area is 101 Å². The van der Waals surface area contributed by atoms with E-state index in [4.69, 9.17) is 17.3 Å². The molecule has 2 heterocycles. The Kier molecular flexibility index (Phi) is 2.56. The standard InChI is InChI=1S/C13H17ClN2/c14-12-2-1-3-13-11(12)7-10-6-9(8-15)4-5-16(10)13/h1-3,9-10H,4-8,15H2. The first-order valence-electron chi connectivity index (χ1n) is 6.03. The highest BCUT2D eigenvalue weighted by atomic mass is 35.5. The van der Waals surface area contributed by atoms with Gasteiger partial charge in [0, 0.05) is 23.3 Å². The van der Waals surface area contributed by atoms with E-state index >= 15 is 0 Å². The summed E-state index contributed by atoms with van der Waals surface area (Å²) in [7, 11) is 0. The number of nitrogens with two attached hydrogens (primary N) is 1. The van der Waals surface area contributed by atoms with Crippen molar-refractivity contribution < 1.29 is 0 Å². The second kappa shape index (κ2) is 3.94. The predicted molar refractivity (Wildman–Crippen MR) is 68.1 cm³/mol. The lowest BCUT2D eigenvalue weighted by Crippen LogP contribution is -2.41. The largest absolute Gasteiger partial charge is 0.368 e. The molecular formula is C13H17ClN2. The minimum Gasteiger partial charge on any atom is -0.368 e. The van der Waals surface area contributed by atoms with Gasteiger partial charge in [-0.05, 0) is 49.4 Å². The second-order valence-corrected chi connectivity index (χ2v) is 5.32. The number of fused-ring (bicyclic) bond motifs is 3. The summed E-state index contributed by atoms with van der Waals surface area (Å²) < 4.78 is 0. The highest BCUT2D eigenvalue weighted by molar-refractivity contribution is 6.31. The lowest BCUT2D eigenvalue weighted by atomic mass is 9.91. The minimum absolute atomic E-state index is 0.636. The summed E-state index contributed by atoms with van der Waals surface area (Å²) >= 11 is 6.25. The van der Waals surface area contributed by atoms with Crippen molar-refractivity contribution in [2.45, 2.75) is 25.3 Å². The number of nitrogens with zero attached hydrogens (tertiary/aromatic N) is 1. The number of hydrogen-bond donors (Lipinski definition) is 1. The third-order valence-electron chi connectivity index (χ3n) is 4.00. The smallest absolute Gasteiger partial charge is 0.0459 e. The van der Waals surface area contributed by atoms with Crippen LogP contribution in [0.5, 0.6) is 0 Å². The molecule has 16 heavy (non-hydrogen) atoms. The van der Waals surface area contributed by atoms with E-state index in [0.717, 1.165) is 24.5 Å². The maximum Gasteiger partial charge on any atom is 0.0459 e. The molecule has 0 spiro atoms. The number of rotatable bonds is 1. The monoisotopic (exact) mass is 236 g/mol. The van der Waals surface area contributed by atoms with Gasteiger partial charge in [0.15, 0.2) is 0 Å². The molecule has 2 nitrogen and oxygen atoms in total. The Balaban J connectivity index is 1.90. The highest BCUT2D eigenvalue weighted by Gasteiger charge is 2.35. The van der Waals surface area contributed by atoms with Crippen molar-refractivity contribution >= 4 is 17.3 Å². The quantitative estimate of drug-likeness (QED) is 0.812. The van der Waals surface area contributed by atoms with Gasteiger partial charge < -0.3 is 10.6 Å². The van der Waals surface area contributed by atoms with Crippen LogP contribution >= 0.6 is 11.6 Å². The summed E-state index contributed by atoms with van der Waals surface area (Å²) in [6.07, 6.45) is 3.55. The Bertz CT molecular complexity index is 405. The Hall–Kier alpha value is -0.730. The van der Waals surface area contributed by atoms with E-state index in [1.807, 2.05) is 6.07 Å². The van der Waals surface area contributed by atoms with Gasteiger partial charge in [0.2, 0.25) is 0 Å². The van der Waals surface area contributed by atoms with Crippen molar-refractivity contribution in [3.05, 3.63) is 28.8 Å². The third-order valence-corrected chi connectivity index (χ3v) is 4.36. The van der Waals surface area contributed by atoms with E-state index in [1.54, 1.807) is 0 Å². The van der Waals surface area contributed by atoms with Crippen molar-refractivity contribution in [2.24, 2.45) is 11.7 Å². The normalized spacial score (nSPS) is 27.8. The van der Waals surface area contributed by atoms with Crippen LogP contribution in [0.2, 0.25) is 5.02 Å². The molecular weight excluding hydrogens is 220 g/mol. The number of halogens is 1. The first-order chi connectivity index (χ1) is 7.79. The lowest BCUT2D eigenvalue weighted by molar-refractivity contribution is 0.357. The van der Waals surface area contributed by atoms with Gasteiger partial charge in [0.05, 0.1) is 0 Å². The molecule has 0 radical (unpaired) electrons.